The van der Waals surface area contributed by atoms with Crippen LogP contribution in [0.25, 0.3) is 0 Å². The molecule has 3 nitrogen and oxygen atoms in total. The Balaban J connectivity index is 2.82. The lowest BCUT2D eigenvalue weighted by Crippen LogP contribution is -2.30. The fourth-order valence-corrected chi connectivity index (χ4v) is 2.36. The second-order valence-corrected chi connectivity index (χ2v) is 4.80. The van der Waals surface area contributed by atoms with Crippen LogP contribution in [0.2, 0.25) is 5.02 Å². The van der Waals surface area contributed by atoms with Crippen molar-refractivity contribution in [2.45, 2.75) is 0 Å². The molecule has 0 unspecified atom stereocenters. The first kappa shape index (κ1) is 14.0. The van der Waals surface area contributed by atoms with Gasteiger partial charge in [-0.1, -0.05) is 11.6 Å². The molecule has 90 valence electrons. The Kier molecular flexibility index (Phi) is 6.43. The van der Waals surface area contributed by atoms with E-state index in [0.29, 0.717) is 17.5 Å². The van der Waals surface area contributed by atoms with Crippen molar-refractivity contribution in [1.82, 2.24) is 4.98 Å². The minimum atomic E-state index is 0.542. The van der Waals surface area contributed by atoms with Gasteiger partial charge in [-0.15, -0.1) is 11.6 Å². The first-order chi connectivity index (χ1) is 7.69. The molecule has 0 spiro atoms. The van der Waals surface area contributed by atoms with Gasteiger partial charge in [-0.2, -0.15) is 0 Å². The summed E-state index contributed by atoms with van der Waals surface area (Å²) >= 11 is 15.0. The molecule has 1 aromatic rings. The SMILES string of the molecule is COCCN(CCCl)c1ncc(Cl)cc1Br. The molecule has 0 fully saturated rings. The van der Waals surface area contributed by atoms with Crippen LogP contribution in [-0.4, -0.2) is 37.7 Å². The smallest absolute Gasteiger partial charge is 0.143 e. The molecule has 0 saturated heterocycles. The Bertz CT molecular complexity index is 339. The summed E-state index contributed by atoms with van der Waals surface area (Å²) in [5, 5.41) is 0.605. The van der Waals surface area contributed by atoms with E-state index in [1.807, 2.05) is 6.07 Å². The molecule has 0 radical (unpaired) electrons. The number of aromatic nitrogens is 1. The number of methoxy groups -OCH3 is 1. The van der Waals surface area contributed by atoms with Gasteiger partial charge in [-0.25, -0.2) is 4.98 Å². The molecular formula is C10H13BrCl2N2O. The molecule has 16 heavy (non-hydrogen) atoms. The number of nitrogens with zero attached hydrogens (tertiary/aromatic N) is 2. The Morgan fingerprint density at radius 2 is 2.25 bits per heavy atom. The number of pyridine rings is 1. The normalized spacial score (nSPS) is 10.5. The van der Waals surface area contributed by atoms with Crippen molar-refractivity contribution in [2.24, 2.45) is 0 Å². The van der Waals surface area contributed by atoms with Gasteiger partial charge < -0.3 is 9.64 Å². The summed E-state index contributed by atoms with van der Waals surface area (Å²) in [6, 6.07) is 1.82. The summed E-state index contributed by atoms with van der Waals surface area (Å²) in [6.45, 7) is 2.10. The first-order valence-corrected chi connectivity index (χ1v) is 6.50. The van der Waals surface area contributed by atoms with E-state index >= 15 is 0 Å². The fraction of sp³-hybridized carbons (Fsp3) is 0.500. The minimum absolute atomic E-state index is 0.542. The van der Waals surface area contributed by atoms with E-state index in [1.54, 1.807) is 13.3 Å². The van der Waals surface area contributed by atoms with Crippen LogP contribution in [0.3, 0.4) is 0 Å². The van der Waals surface area contributed by atoms with Crippen molar-refractivity contribution < 1.29 is 4.74 Å². The average molecular weight is 328 g/mol. The highest BCUT2D eigenvalue weighted by Gasteiger charge is 2.11. The Hall–Kier alpha value is -0.0300. The average Bonchev–Trinajstić information content (AvgIpc) is 2.25. The van der Waals surface area contributed by atoms with E-state index in [4.69, 9.17) is 27.9 Å². The van der Waals surface area contributed by atoms with Crippen LogP contribution >= 0.6 is 39.1 Å². The molecule has 1 rings (SSSR count). The standard InChI is InChI=1S/C10H13BrCl2N2O/c1-16-5-4-15(3-2-12)10-9(11)6-8(13)7-14-10/h6-7H,2-5H2,1H3. The number of anilines is 1. The van der Waals surface area contributed by atoms with Gasteiger partial charge >= 0.3 is 0 Å². The minimum Gasteiger partial charge on any atom is -0.383 e. The largest absolute Gasteiger partial charge is 0.383 e. The molecule has 0 atom stereocenters. The third-order valence-corrected chi connectivity index (χ3v) is 2.97. The molecule has 0 N–H and O–H groups in total. The Morgan fingerprint density at radius 1 is 1.50 bits per heavy atom. The molecule has 0 amide bonds. The lowest BCUT2D eigenvalue weighted by molar-refractivity contribution is 0.205. The van der Waals surface area contributed by atoms with Gasteiger partial charge in [-0.3, -0.25) is 0 Å². The Labute approximate surface area is 114 Å². The molecule has 6 heteroatoms. The summed E-state index contributed by atoms with van der Waals surface area (Å²) < 4.78 is 5.91. The summed E-state index contributed by atoms with van der Waals surface area (Å²) in [7, 11) is 1.67. The van der Waals surface area contributed by atoms with Gasteiger partial charge in [0.1, 0.15) is 5.82 Å². The second-order valence-electron chi connectivity index (χ2n) is 3.13. The zero-order valence-corrected chi connectivity index (χ0v) is 12.0. The van der Waals surface area contributed by atoms with E-state index in [9.17, 15) is 0 Å². The van der Waals surface area contributed by atoms with Gasteiger partial charge in [0, 0.05) is 32.3 Å². The monoisotopic (exact) mass is 326 g/mol. The molecule has 0 saturated carbocycles. The first-order valence-electron chi connectivity index (χ1n) is 4.80. The number of alkyl halides is 1. The zero-order chi connectivity index (χ0) is 12.0. The summed E-state index contributed by atoms with van der Waals surface area (Å²) in [6.07, 6.45) is 1.62. The number of hydrogen-bond donors (Lipinski definition) is 0. The lowest BCUT2D eigenvalue weighted by Gasteiger charge is -2.23. The molecule has 1 aromatic heterocycles. The lowest BCUT2D eigenvalue weighted by atomic mass is 10.4. The summed E-state index contributed by atoms with van der Waals surface area (Å²) in [5.41, 5.74) is 0. The van der Waals surface area contributed by atoms with Crippen LogP contribution in [0.5, 0.6) is 0 Å². The van der Waals surface area contributed by atoms with Gasteiger partial charge in [0.15, 0.2) is 0 Å². The maximum atomic E-state index is 5.84. The van der Waals surface area contributed by atoms with Crippen molar-refractivity contribution in [3.8, 4) is 0 Å². The predicted molar refractivity (Wildman–Crippen MR) is 71.8 cm³/mol. The van der Waals surface area contributed by atoms with Gasteiger partial charge in [0.2, 0.25) is 0 Å². The van der Waals surface area contributed by atoms with E-state index in [2.05, 4.69) is 25.8 Å². The van der Waals surface area contributed by atoms with Crippen LogP contribution in [0, 0.1) is 0 Å². The summed E-state index contributed by atoms with van der Waals surface area (Å²) in [4.78, 5) is 6.34. The van der Waals surface area contributed by atoms with Crippen molar-refractivity contribution >= 4 is 44.9 Å². The topological polar surface area (TPSA) is 25.4 Å². The molecule has 1 heterocycles. The Morgan fingerprint density at radius 3 is 2.81 bits per heavy atom. The summed E-state index contributed by atoms with van der Waals surface area (Å²) in [5.74, 6) is 1.38. The highest BCUT2D eigenvalue weighted by molar-refractivity contribution is 9.10. The van der Waals surface area contributed by atoms with Gasteiger partial charge in [-0.05, 0) is 22.0 Å². The molecule has 0 aliphatic rings. The number of ether oxygens (including phenoxy) is 1. The van der Waals surface area contributed by atoms with Crippen LogP contribution in [-0.2, 0) is 4.74 Å². The van der Waals surface area contributed by atoms with E-state index < -0.39 is 0 Å². The third kappa shape index (κ3) is 4.09. The molecule has 0 aromatic carbocycles. The van der Waals surface area contributed by atoms with Crippen LogP contribution in [0.15, 0.2) is 16.7 Å². The number of hydrogen-bond acceptors (Lipinski definition) is 3. The van der Waals surface area contributed by atoms with E-state index in [1.165, 1.54) is 0 Å². The highest BCUT2D eigenvalue weighted by Crippen LogP contribution is 2.26. The van der Waals surface area contributed by atoms with Crippen LogP contribution in [0.4, 0.5) is 5.82 Å². The van der Waals surface area contributed by atoms with Gasteiger partial charge in [0.05, 0.1) is 16.1 Å². The number of halogens is 3. The number of rotatable bonds is 6. The quantitative estimate of drug-likeness (QED) is 0.750. The fourth-order valence-electron chi connectivity index (χ4n) is 1.27. The van der Waals surface area contributed by atoms with Gasteiger partial charge in [0.25, 0.3) is 0 Å². The maximum Gasteiger partial charge on any atom is 0.143 e. The van der Waals surface area contributed by atoms with Crippen molar-refractivity contribution in [2.75, 3.05) is 37.6 Å². The third-order valence-electron chi connectivity index (χ3n) is 2.01. The van der Waals surface area contributed by atoms with Crippen molar-refractivity contribution in [3.63, 3.8) is 0 Å². The predicted octanol–water partition coefficient (Wildman–Crippen LogP) is 3.19. The molecule has 0 aliphatic heterocycles. The van der Waals surface area contributed by atoms with Crippen LogP contribution in [0.1, 0.15) is 0 Å². The molecular weight excluding hydrogens is 315 g/mol. The highest BCUT2D eigenvalue weighted by atomic mass is 79.9. The molecule has 0 bridgehead atoms. The zero-order valence-electron chi connectivity index (χ0n) is 8.92. The van der Waals surface area contributed by atoms with Crippen LogP contribution < -0.4 is 4.90 Å². The molecule has 0 aliphatic carbocycles. The van der Waals surface area contributed by atoms with Crippen molar-refractivity contribution in [3.05, 3.63) is 21.8 Å². The van der Waals surface area contributed by atoms with Crippen molar-refractivity contribution in [1.29, 1.82) is 0 Å². The van der Waals surface area contributed by atoms with E-state index in [0.717, 1.165) is 23.4 Å². The second kappa shape index (κ2) is 7.33. The van der Waals surface area contributed by atoms with E-state index in [-0.39, 0.29) is 0 Å². The maximum absolute atomic E-state index is 5.84.